The fourth-order valence-corrected chi connectivity index (χ4v) is 2.08. The smallest absolute Gasteiger partial charge is 0.229 e. The average Bonchev–Trinajstić information content (AvgIpc) is 2.71. The van der Waals surface area contributed by atoms with Crippen LogP contribution in [0.1, 0.15) is 35.6 Å². The molecule has 1 amide bonds. The van der Waals surface area contributed by atoms with Gasteiger partial charge in [0.25, 0.3) is 0 Å². The molecule has 0 aliphatic rings. The molecule has 5 nitrogen and oxygen atoms in total. The molecule has 20 heavy (non-hydrogen) atoms. The zero-order valence-corrected chi connectivity index (χ0v) is 11.8. The molecule has 1 aromatic carbocycles. The first kappa shape index (κ1) is 14.3. The van der Waals surface area contributed by atoms with Gasteiger partial charge < -0.3 is 14.9 Å². The Labute approximate surface area is 117 Å². The molecule has 2 N–H and O–H groups in total. The van der Waals surface area contributed by atoms with Crippen molar-refractivity contribution in [3.63, 3.8) is 0 Å². The van der Waals surface area contributed by atoms with Crippen LogP contribution < -0.4 is 5.32 Å². The maximum Gasteiger partial charge on any atom is 0.229 e. The molecule has 5 heteroatoms. The van der Waals surface area contributed by atoms with E-state index in [1.54, 1.807) is 26.0 Å². The highest BCUT2D eigenvalue weighted by Crippen LogP contribution is 2.22. The summed E-state index contributed by atoms with van der Waals surface area (Å²) in [4.78, 5) is 12.1. The minimum Gasteiger partial charge on any atom is -0.389 e. The molecule has 1 atom stereocenters. The number of aryl methyl sites for hydroxylation is 2. The van der Waals surface area contributed by atoms with Crippen LogP contribution in [0.3, 0.4) is 0 Å². The van der Waals surface area contributed by atoms with Gasteiger partial charge in [-0.15, -0.1) is 0 Å². The third-order valence-corrected chi connectivity index (χ3v) is 3.20. The van der Waals surface area contributed by atoms with Gasteiger partial charge >= 0.3 is 0 Å². The molecule has 2 aromatic rings. The van der Waals surface area contributed by atoms with Crippen molar-refractivity contribution in [2.75, 3.05) is 5.32 Å². The Morgan fingerprint density at radius 3 is 2.70 bits per heavy atom. The van der Waals surface area contributed by atoms with Crippen LogP contribution in [0, 0.1) is 13.8 Å². The summed E-state index contributed by atoms with van der Waals surface area (Å²) in [6.07, 6.45) is -0.430. The second-order valence-electron chi connectivity index (χ2n) is 4.79. The lowest BCUT2D eigenvalue weighted by atomic mass is 10.1. The molecule has 0 saturated heterocycles. The number of rotatable bonds is 4. The van der Waals surface area contributed by atoms with E-state index in [0.29, 0.717) is 17.0 Å². The van der Waals surface area contributed by atoms with Crippen molar-refractivity contribution in [2.24, 2.45) is 0 Å². The van der Waals surface area contributed by atoms with Gasteiger partial charge in [0, 0.05) is 16.8 Å². The van der Waals surface area contributed by atoms with E-state index in [1.807, 2.05) is 19.1 Å². The van der Waals surface area contributed by atoms with Crippen LogP contribution in [0.15, 0.2) is 28.8 Å². The van der Waals surface area contributed by atoms with Gasteiger partial charge in [-0.25, -0.2) is 0 Å². The number of hydrogen-bond donors (Lipinski definition) is 2. The SMILES string of the molecule is Cc1noc(C)c1CC(=O)Nc1ccccc1C(C)O. The highest BCUT2D eigenvalue weighted by Gasteiger charge is 2.15. The molecule has 1 heterocycles. The van der Waals surface area contributed by atoms with Gasteiger partial charge in [0.15, 0.2) is 0 Å². The summed E-state index contributed by atoms with van der Waals surface area (Å²) in [5.74, 6) is 0.494. The highest BCUT2D eigenvalue weighted by atomic mass is 16.5. The molecule has 2 rings (SSSR count). The summed E-state index contributed by atoms with van der Waals surface area (Å²) in [6, 6.07) is 7.20. The molecule has 0 spiro atoms. The van der Waals surface area contributed by atoms with Gasteiger partial charge in [0.05, 0.1) is 18.2 Å². The van der Waals surface area contributed by atoms with Gasteiger partial charge in [-0.1, -0.05) is 23.4 Å². The molecule has 0 fully saturated rings. The zero-order valence-electron chi connectivity index (χ0n) is 11.8. The maximum absolute atomic E-state index is 12.1. The van der Waals surface area contributed by atoms with Crippen LogP contribution in [0.25, 0.3) is 0 Å². The molecule has 0 radical (unpaired) electrons. The van der Waals surface area contributed by atoms with E-state index in [0.717, 1.165) is 11.3 Å². The number of nitrogens with one attached hydrogen (secondary N) is 1. The first-order valence-electron chi connectivity index (χ1n) is 6.47. The van der Waals surface area contributed by atoms with Gasteiger partial charge in [-0.3, -0.25) is 4.79 Å². The van der Waals surface area contributed by atoms with Gasteiger partial charge in [-0.05, 0) is 26.8 Å². The van der Waals surface area contributed by atoms with E-state index < -0.39 is 6.10 Å². The Morgan fingerprint density at radius 2 is 2.10 bits per heavy atom. The zero-order chi connectivity index (χ0) is 14.7. The van der Waals surface area contributed by atoms with Crippen molar-refractivity contribution in [3.05, 3.63) is 46.8 Å². The van der Waals surface area contributed by atoms with E-state index in [9.17, 15) is 9.90 Å². The van der Waals surface area contributed by atoms with Gasteiger partial charge in [0.1, 0.15) is 5.76 Å². The Morgan fingerprint density at radius 1 is 1.40 bits per heavy atom. The average molecular weight is 274 g/mol. The topological polar surface area (TPSA) is 75.4 Å². The number of aliphatic hydroxyl groups is 1. The quantitative estimate of drug-likeness (QED) is 0.898. The molecule has 0 bridgehead atoms. The van der Waals surface area contributed by atoms with E-state index in [-0.39, 0.29) is 12.3 Å². The van der Waals surface area contributed by atoms with Crippen LogP contribution in [0.4, 0.5) is 5.69 Å². The molecule has 1 aromatic heterocycles. The largest absolute Gasteiger partial charge is 0.389 e. The second-order valence-corrected chi connectivity index (χ2v) is 4.79. The predicted molar refractivity (Wildman–Crippen MR) is 75.4 cm³/mol. The summed E-state index contributed by atoms with van der Waals surface area (Å²) >= 11 is 0. The molecular formula is C15H18N2O3. The lowest BCUT2D eigenvalue weighted by Crippen LogP contribution is -2.16. The summed E-state index contributed by atoms with van der Waals surface area (Å²) in [7, 11) is 0. The fraction of sp³-hybridized carbons (Fsp3) is 0.333. The Hall–Kier alpha value is -2.14. The molecule has 106 valence electrons. The van der Waals surface area contributed by atoms with Crippen molar-refractivity contribution in [3.8, 4) is 0 Å². The summed E-state index contributed by atoms with van der Waals surface area (Å²) in [5, 5.41) is 16.3. The van der Waals surface area contributed by atoms with Crippen molar-refractivity contribution in [2.45, 2.75) is 33.3 Å². The molecule has 0 aliphatic carbocycles. The van der Waals surface area contributed by atoms with Crippen molar-refractivity contribution < 1.29 is 14.4 Å². The fourth-order valence-electron chi connectivity index (χ4n) is 2.08. The van der Waals surface area contributed by atoms with Gasteiger partial charge in [-0.2, -0.15) is 0 Å². The molecule has 0 saturated carbocycles. The Bertz CT molecular complexity index is 598. The van der Waals surface area contributed by atoms with Crippen molar-refractivity contribution in [1.82, 2.24) is 5.16 Å². The molecular weight excluding hydrogens is 256 g/mol. The van der Waals surface area contributed by atoms with E-state index in [1.165, 1.54) is 0 Å². The van der Waals surface area contributed by atoms with Gasteiger partial charge in [0.2, 0.25) is 5.91 Å². The number of nitrogens with zero attached hydrogens (tertiary/aromatic N) is 1. The third-order valence-electron chi connectivity index (χ3n) is 3.20. The lowest BCUT2D eigenvalue weighted by molar-refractivity contribution is -0.115. The number of hydrogen-bond acceptors (Lipinski definition) is 4. The molecule has 1 unspecified atom stereocenters. The summed E-state index contributed by atoms with van der Waals surface area (Å²) in [6.45, 7) is 5.26. The Balaban J connectivity index is 2.13. The lowest BCUT2D eigenvalue weighted by Gasteiger charge is -2.12. The van der Waals surface area contributed by atoms with Crippen LogP contribution >= 0.6 is 0 Å². The number of carbonyl (C=O) groups excluding carboxylic acids is 1. The number of carbonyl (C=O) groups is 1. The number of aromatic nitrogens is 1. The second kappa shape index (κ2) is 5.88. The van der Waals surface area contributed by atoms with E-state index in [2.05, 4.69) is 10.5 Å². The number of para-hydroxylation sites is 1. The summed E-state index contributed by atoms with van der Waals surface area (Å²) < 4.78 is 5.04. The van der Waals surface area contributed by atoms with Crippen molar-refractivity contribution >= 4 is 11.6 Å². The van der Waals surface area contributed by atoms with Crippen LogP contribution in [-0.2, 0) is 11.2 Å². The van der Waals surface area contributed by atoms with E-state index in [4.69, 9.17) is 4.52 Å². The van der Waals surface area contributed by atoms with Crippen LogP contribution in [-0.4, -0.2) is 16.2 Å². The summed E-state index contributed by atoms with van der Waals surface area (Å²) in [5.41, 5.74) is 2.84. The Kier molecular flexibility index (Phi) is 4.20. The minimum absolute atomic E-state index is 0.160. The molecule has 0 aliphatic heterocycles. The van der Waals surface area contributed by atoms with Crippen LogP contribution in [0.5, 0.6) is 0 Å². The monoisotopic (exact) mass is 274 g/mol. The number of aliphatic hydroxyl groups excluding tert-OH is 1. The number of anilines is 1. The first-order valence-corrected chi connectivity index (χ1v) is 6.47. The van der Waals surface area contributed by atoms with E-state index >= 15 is 0 Å². The first-order chi connectivity index (χ1) is 9.49. The number of amides is 1. The number of benzene rings is 1. The predicted octanol–water partition coefficient (Wildman–Crippen LogP) is 2.53. The van der Waals surface area contributed by atoms with Crippen LogP contribution in [0.2, 0.25) is 0 Å². The van der Waals surface area contributed by atoms with Crippen molar-refractivity contribution in [1.29, 1.82) is 0 Å². The highest BCUT2D eigenvalue weighted by molar-refractivity contribution is 5.93. The third kappa shape index (κ3) is 3.05. The maximum atomic E-state index is 12.1. The minimum atomic E-state index is -0.634. The normalized spacial score (nSPS) is 12.2. The standard InChI is InChI=1S/C15H18N2O3/c1-9-13(11(3)20-17-9)8-15(19)16-14-7-5-4-6-12(14)10(2)18/h4-7,10,18H,8H2,1-3H3,(H,16,19).